The molecule has 0 bridgehead atoms. The maximum Gasteiger partial charge on any atom is 0.289 e. The van der Waals surface area contributed by atoms with Gasteiger partial charge >= 0.3 is 0 Å². The number of hydrogen-bond donors (Lipinski definition) is 1. The van der Waals surface area contributed by atoms with Crippen molar-refractivity contribution in [2.75, 3.05) is 11.1 Å². The molecule has 0 aliphatic carbocycles. The summed E-state index contributed by atoms with van der Waals surface area (Å²) in [6, 6.07) is 17.1. The fourth-order valence-corrected chi connectivity index (χ4v) is 3.99. The minimum absolute atomic E-state index is 0.0328. The quantitative estimate of drug-likeness (QED) is 0.740. The number of imide groups is 1. The number of carbonyl (C=O) groups excluding carboxylic acids is 3. The van der Waals surface area contributed by atoms with Crippen molar-refractivity contribution in [2.24, 2.45) is 5.92 Å². The van der Waals surface area contributed by atoms with Crippen LogP contribution < -0.4 is 5.32 Å². The summed E-state index contributed by atoms with van der Waals surface area (Å²) >= 11 is 1.03. The predicted octanol–water partition coefficient (Wildman–Crippen LogP) is 4.65. The lowest BCUT2D eigenvalue weighted by atomic mass is 9.85. The molecule has 0 aromatic heterocycles. The Hall–Kier alpha value is -2.60. The Morgan fingerprint density at radius 1 is 1.11 bits per heavy atom. The molecule has 2 aromatic carbocycles. The second-order valence-electron chi connectivity index (χ2n) is 6.99. The van der Waals surface area contributed by atoms with E-state index >= 15 is 0 Å². The molecule has 1 N–H and O–H groups in total. The minimum atomic E-state index is -0.220. The third-order valence-electron chi connectivity index (χ3n) is 5.06. The number of carbonyl (C=O) groups is 3. The van der Waals surface area contributed by atoms with E-state index in [0.29, 0.717) is 5.69 Å². The molecule has 0 spiro atoms. The molecule has 1 heterocycles. The lowest BCUT2D eigenvalue weighted by Crippen LogP contribution is -2.28. The topological polar surface area (TPSA) is 66.5 Å². The molecule has 5 nitrogen and oxygen atoms in total. The van der Waals surface area contributed by atoms with Crippen LogP contribution in [0.4, 0.5) is 10.5 Å². The molecule has 2 unspecified atom stereocenters. The Morgan fingerprint density at radius 2 is 1.79 bits per heavy atom. The van der Waals surface area contributed by atoms with Gasteiger partial charge in [-0.15, -0.1) is 0 Å². The highest BCUT2D eigenvalue weighted by Crippen LogP contribution is 2.29. The van der Waals surface area contributed by atoms with Crippen LogP contribution in [0.25, 0.3) is 0 Å². The number of hydrogen-bond acceptors (Lipinski definition) is 4. The fourth-order valence-electron chi connectivity index (χ4n) is 3.26. The molecular formula is C22H24N2O3S. The zero-order valence-corrected chi connectivity index (χ0v) is 16.9. The van der Waals surface area contributed by atoms with Gasteiger partial charge < -0.3 is 5.32 Å². The van der Waals surface area contributed by atoms with Gasteiger partial charge in [-0.3, -0.25) is 19.3 Å². The zero-order chi connectivity index (χ0) is 20.1. The lowest BCUT2D eigenvalue weighted by Gasteiger charge is -2.23. The van der Waals surface area contributed by atoms with E-state index in [-0.39, 0.29) is 41.2 Å². The number of nitrogens with one attached hydrogen (secondary N) is 1. The summed E-state index contributed by atoms with van der Waals surface area (Å²) < 4.78 is 0. The molecule has 1 aliphatic rings. The Bertz CT molecular complexity index is 836. The largest absolute Gasteiger partial charge is 0.326 e. The first-order valence-corrected chi connectivity index (χ1v) is 10.4. The van der Waals surface area contributed by atoms with Crippen molar-refractivity contribution in [3.05, 3.63) is 65.7 Å². The first kappa shape index (κ1) is 20.1. The second-order valence-corrected chi connectivity index (χ2v) is 7.92. The molecule has 1 saturated heterocycles. The maximum absolute atomic E-state index is 13.0. The van der Waals surface area contributed by atoms with Crippen molar-refractivity contribution < 1.29 is 14.4 Å². The van der Waals surface area contributed by atoms with Crippen LogP contribution in [0.15, 0.2) is 54.6 Å². The minimum Gasteiger partial charge on any atom is -0.326 e. The molecule has 3 rings (SSSR count). The molecular weight excluding hydrogens is 372 g/mol. The van der Waals surface area contributed by atoms with Crippen molar-refractivity contribution in [3.8, 4) is 0 Å². The van der Waals surface area contributed by atoms with Gasteiger partial charge in [0.05, 0.1) is 18.2 Å². The predicted molar refractivity (Wildman–Crippen MR) is 112 cm³/mol. The summed E-state index contributed by atoms with van der Waals surface area (Å²) in [5, 5.41) is 2.80. The van der Waals surface area contributed by atoms with Crippen LogP contribution in [0.1, 0.15) is 37.3 Å². The SMILES string of the molecule is CCC(C)C(C(=O)Nc1ccc(CN2C(=O)CSC2=O)cc1)c1ccccc1. The standard InChI is InChI=1S/C22H24N2O3S/c1-3-15(2)20(17-7-5-4-6-8-17)21(26)23-18-11-9-16(10-12-18)13-24-19(25)14-28-22(24)27/h4-12,15,20H,3,13-14H2,1-2H3,(H,23,26). The molecule has 3 amide bonds. The number of rotatable bonds is 7. The molecule has 6 heteroatoms. The molecule has 28 heavy (non-hydrogen) atoms. The van der Waals surface area contributed by atoms with Gasteiger partial charge in [-0.1, -0.05) is 74.5 Å². The van der Waals surface area contributed by atoms with Crippen LogP contribution in [0.3, 0.4) is 0 Å². The van der Waals surface area contributed by atoms with E-state index in [9.17, 15) is 14.4 Å². The summed E-state index contributed by atoms with van der Waals surface area (Å²) in [5.74, 6) is 0.0130. The molecule has 2 aromatic rings. The van der Waals surface area contributed by atoms with Crippen molar-refractivity contribution in [3.63, 3.8) is 0 Å². The summed E-state index contributed by atoms with van der Waals surface area (Å²) in [7, 11) is 0. The number of anilines is 1. The Kier molecular flexibility index (Phi) is 6.52. The van der Waals surface area contributed by atoms with Crippen LogP contribution in [-0.2, 0) is 16.1 Å². The van der Waals surface area contributed by atoms with E-state index in [1.165, 1.54) is 4.90 Å². The van der Waals surface area contributed by atoms with Crippen molar-refractivity contribution in [1.82, 2.24) is 4.90 Å². The molecule has 2 atom stereocenters. The monoisotopic (exact) mass is 396 g/mol. The third-order valence-corrected chi connectivity index (χ3v) is 5.92. The Labute approximate surface area is 169 Å². The normalized spacial score (nSPS) is 16.1. The van der Waals surface area contributed by atoms with Crippen LogP contribution >= 0.6 is 11.8 Å². The molecule has 0 saturated carbocycles. The highest BCUT2D eigenvalue weighted by atomic mass is 32.2. The van der Waals surface area contributed by atoms with E-state index < -0.39 is 0 Å². The lowest BCUT2D eigenvalue weighted by molar-refractivity contribution is -0.125. The van der Waals surface area contributed by atoms with Crippen LogP contribution in [0.2, 0.25) is 0 Å². The van der Waals surface area contributed by atoms with E-state index in [0.717, 1.165) is 29.3 Å². The fraction of sp³-hybridized carbons (Fsp3) is 0.318. The van der Waals surface area contributed by atoms with Gasteiger partial charge in [0, 0.05) is 5.69 Å². The first-order valence-electron chi connectivity index (χ1n) is 9.41. The van der Waals surface area contributed by atoms with E-state index in [1.54, 1.807) is 0 Å². The highest BCUT2D eigenvalue weighted by Gasteiger charge is 2.30. The van der Waals surface area contributed by atoms with Crippen molar-refractivity contribution in [2.45, 2.75) is 32.7 Å². The zero-order valence-electron chi connectivity index (χ0n) is 16.1. The number of thioether (sulfide) groups is 1. The highest BCUT2D eigenvalue weighted by molar-refractivity contribution is 8.14. The van der Waals surface area contributed by atoms with E-state index in [2.05, 4.69) is 19.2 Å². The van der Waals surface area contributed by atoms with Crippen molar-refractivity contribution in [1.29, 1.82) is 0 Å². The Balaban J connectivity index is 1.69. The first-order chi connectivity index (χ1) is 13.5. The van der Waals surface area contributed by atoms with Gasteiger partial charge in [0.25, 0.3) is 5.24 Å². The molecule has 146 valence electrons. The second kappa shape index (κ2) is 9.06. The van der Waals surface area contributed by atoms with Gasteiger partial charge in [-0.25, -0.2) is 0 Å². The molecule has 1 fully saturated rings. The maximum atomic E-state index is 13.0. The van der Waals surface area contributed by atoms with Gasteiger partial charge in [0.2, 0.25) is 11.8 Å². The van der Waals surface area contributed by atoms with Gasteiger partial charge in [-0.05, 0) is 29.2 Å². The smallest absolute Gasteiger partial charge is 0.289 e. The Morgan fingerprint density at radius 3 is 2.36 bits per heavy atom. The average Bonchev–Trinajstić information content (AvgIpc) is 3.02. The summed E-state index contributed by atoms with van der Waals surface area (Å²) in [6.45, 7) is 4.43. The van der Waals surface area contributed by atoms with E-state index in [4.69, 9.17) is 0 Å². The van der Waals surface area contributed by atoms with Gasteiger partial charge in [-0.2, -0.15) is 0 Å². The number of amides is 3. The third kappa shape index (κ3) is 4.62. The van der Waals surface area contributed by atoms with Crippen molar-refractivity contribution >= 4 is 34.5 Å². The number of benzene rings is 2. The summed E-state index contributed by atoms with van der Waals surface area (Å²) in [4.78, 5) is 37.7. The average molecular weight is 397 g/mol. The van der Waals surface area contributed by atoms with Gasteiger partial charge in [0.1, 0.15) is 0 Å². The van der Waals surface area contributed by atoms with Crippen LogP contribution in [-0.4, -0.2) is 27.7 Å². The molecule has 0 radical (unpaired) electrons. The number of nitrogens with zero attached hydrogens (tertiary/aromatic N) is 1. The molecule has 1 aliphatic heterocycles. The van der Waals surface area contributed by atoms with E-state index in [1.807, 2.05) is 54.6 Å². The summed E-state index contributed by atoms with van der Waals surface area (Å²) in [5.41, 5.74) is 2.56. The van der Waals surface area contributed by atoms with Gasteiger partial charge in [0.15, 0.2) is 0 Å². The van der Waals surface area contributed by atoms with Crippen LogP contribution in [0, 0.1) is 5.92 Å². The van der Waals surface area contributed by atoms with Crippen LogP contribution in [0.5, 0.6) is 0 Å². The summed E-state index contributed by atoms with van der Waals surface area (Å²) in [6.07, 6.45) is 0.905.